The summed E-state index contributed by atoms with van der Waals surface area (Å²) in [6.07, 6.45) is 7.19. The second kappa shape index (κ2) is 7.14. The molecule has 2 N–H and O–H groups in total. The first-order valence-electron chi connectivity index (χ1n) is 7.33. The van der Waals surface area contributed by atoms with Crippen LogP contribution in [0.1, 0.15) is 5.56 Å². The normalized spacial score (nSPS) is 10.4. The molecule has 0 unspecified atom stereocenters. The topological polar surface area (TPSA) is 71.8 Å². The van der Waals surface area contributed by atoms with Crippen molar-refractivity contribution >= 4 is 23.3 Å². The largest absolute Gasteiger partial charge is 0.334 e. The van der Waals surface area contributed by atoms with Crippen LogP contribution in [-0.4, -0.2) is 20.8 Å². The monoisotopic (exact) mass is 341 g/mol. The van der Waals surface area contributed by atoms with E-state index in [4.69, 9.17) is 11.6 Å². The number of hydrogen-bond donors (Lipinski definition) is 2. The fraction of sp³-hybridized carbons (Fsp3) is 0.118. The highest BCUT2D eigenvalue weighted by Gasteiger charge is 2.05. The number of pyridine rings is 1. The number of halogens is 1. The van der Waals surface area contributed by atoms with Gasteiger partial charge in [-0.15, -0.1) is 0 Å². The second-order valence-electron chi connectivity index (χ2n) is 5.30. The Balaban J connectivity index is 1.61. The van der Waals surface area contributed by atoms with E-state index in [1.165, 1.54) is 0 Å². The highest BCUT2D eigenvalue weighted by molar-refractivity contribution is 6.30. The van der Waals surface area contributed by atoms with Crippen molar-refractivity contribution in [3.8, 4) is 11.1 Å². The number of carbonyl (C=O) groups is 1. The van der Waals surface area contributed by atoms with E-state index < -0.39 is 0 Å². The lowest BCUT2D eigenvalue weighted by atomic mass is 10.1. The molecule has 1 aromatic carbocycles. The van der Waals surface area contributed by atoms with Crippen molar-refractivity contribution in [2.75, 3.05) is 5.32 Å². The van der Waals surface area contributed by atoms with Crippen molar-refractivity contribution in [1.82, 2.24) is 20.1 Å². The lowest BCUT2D eigenvalue weighted by molar-refractivity contribution is 0.251. The number of amides is 2. The van der Waals surface area contributed by atoms with E-state index in [1.54, 1.807) is 47.5 Å². The summed E-state index contributed by atoms with van der Waals surface area (Å²) >= 11 is 5.89. The molecule has 0 radical (unpaired) electrons. The van der Waals surface area contributed by atoms with E-state index in [1.807, 2.05) is 19.3 Å². The molecular weight excluding hydrogens is 326 g/mol. The first-order chi connectivity index (χ1) is 11.6. The van der Waals surface area contributed by atoms with E-state index in [2.05, 4.69) is 20.7 Å². The maximum absolute atomic E-state index is 12.0. The number of carbonyl (C=O) groups excluding carboxylic acids is 1. The van der Waals surface area contributed by atoms with Crippen molar-refractivity contribution in [1.29, 1.82) is 0 Å². The third kappa shape index (κ3) is 4.11. The third-order valence-electron chi connectivity index (χ3n) is 3.37. The van der Waals surface area contributed by atoms with Gasteiger partial charge in [0.15, 0.2) is 0 Å². The van der Waals surface area contributed by atoms with Crippen LogP contribution in [0.5, 0.6) is 0 Å². The van der Waals surface area contributed by atoms with Gasteiger partial charge in [0.2, 0.25) is 0 Å². The minimum Gasteiger partial charge on any atom is -0.334 e. The maximum atomic E-state index is 12.0. The smallest absolute Gasteiger partial charge is 0.319 e. The molecular formula is C17H16ClN5O. The molecule has 7 heteroatoms. The standard InChI is InChI=1S/C17H16ClN5O/c1-23-11-14(10-21-23)13-5-12(7-19-9-13)8-20-17(24)22-16-4-2-3-15(18)6-16/h2-7,9-11H,8H2,1H3,(H2,20,22,24). The molecule has 2 heterocycles. The Morgan fingerprint density at radius 2 is 2.08 bits per heavy atom. The van der Waals surface area contributed by atoms with Gasteiger partial charge in [0.1, 0.15) is 0 Å². The second-order valence-corrected chi connectivity index (χ2v) is 5.74. The van der Waals surface area contributed by atoms with Crippen LogP contribution >= 0.6 is 11.6 Å². The Kier molecular flexibility index (Phi) is 4.77. The molecule has 3 aromatic rings. The highest BCUT2D eigenvalue weighted by atomic mass is 35.5. The molecule has 0 spiro atoms. The molecule has 0 fully saturated rings. The number of aromatic nitrogens is 3. The molecule has 3 rings (SSSR count). The number of anilines is 1. The molecule has 0 aliphatic carbocycles. The van der Waals surface area contributed by atoms with Crippen LogP contribution in [0.2, 0.25) is 5.02 Å². The van der Waals surface area contributed by atoms with Crippen LogP contribution in [0.25, 0.3) is 11.1 Å². The zero-order chi connectivity index (χ0) is 16.9. The predicted molar refractivity (Wildman–Crippen MR) is 93.7 cm³/mol. The molecule has 0 saturated carbocycles. The van der Waals surface area contributed by atoms with Crippen LogP contribution in [0.15, 0.2) is 55.1 Å². The summed E-state index contributed by atoms with van der Waals surface area (Å²) in [5.41, 5.74) is 3.48. The van der Waals surface area contributed by atoms with Crippen LogP contribution in [0.3, 0.4) is 0 Å². The zero-order valence-electron chi connectivity index (χ0n) is 13.0. The number of rotatable bonds is 4. The van der Waals surface area contributed by atoms with Gasteiger partial charge in [0, 0.05) is 54.0 Å². The molecule has 0 bridgehead atoms. The summed E-state index contributed by atoms with van der Waals surface area (Å²) in [5, 5.41) is 10.3. The van der Waals surface area contributed by atoms with E-state index in [9.17, 15) is 4.79 Å². The van der Waals surface area contributed by atoms with E-state index in [0.717, 1.165) is 16.7 Å². The van der Waals surface area contributed by atoms with Crippen LogP contribution in [-0.2, 0) is 13.6 Å². The summed E-state index contributed by atoms with van der Waals surface area (Å²) < 4.78 is 1.73. The Morgan fingerprint density at radius 1 is 1.21 bits per heavy atom. The van der Waals surface area contributed by atoms with Crippen molar-refractivity contribution in [2.24, 2.45) is 7.05 Å². The third-order valence-corrected chi connectivity index (χ3v) is 3.60. The predicted octanol–water partition coefficient (Wildman–Crippen LogP) is 3.46. The summed E-state index contributed by atoms with van der Waals surface area (Å²) in [7, 11) is 1.86. The van der Waals surface area contributed by atoms with Crippen molar-refractivity contribution in [3.63, 3.8) is 0 Å². The highest BCUT2D eigenvalue weighted by Crippen LogP contribution is 2.18. The van der Waals surface area contributed by atoms with Crippen molar-refractivity contribution < 1.29 is 4.79 Å². The number of hydrogen-bond acceptors (Lipinski definition) is 3. The van der Waals surface area contributed by atoms with Gasteiger partial charge in [-0.3, -0.25) is 9.67 Å². The SMILES string of the molecule is Cn1cc(-c2cncc(CNC(=O)Nc3cccc(Cl)c3)c2)cn1. The van der Waals surface area contributed by atoms with Gasteiger partial charge in [0.05, 0.1) is 6.20 Å². The van der Waals surface area contributed by atoms with E-state index >= 15 is 0 Å². The lowest BCUT2D eigenvalue weighted by Crippen LogP contribution is -2.28. The lowest BCUT2D eigenvalue weighted by Gasteiger charge is -2.08. The van der Waals surface area contributed by atoms with Gasteiger partial charge in [-0.2, -0.15) is 5.10 Å². The summed E-state index contributed by atoms with van der Waals surface area (Å²) in [6.45, 7) is 0.369. The quantitative estimate of drug-likeness (QED) is 0.763. The molecule has 0 atom stereocenters. The molecule has 0 saturated heterocycles. The summed E-state index contributed by atoms with van der Waals surface area (Å²) in [4.78, 5) is 16.2. The van der Waals surface area contributed by atoms with E-state index in [-0.39, 0.29) is 6.03 Å². The molecule has 2 amide bonds. The number of nitrogens with zero attached hydrogens (tertiary/aromatic N) is 3. The first kappa shape index (κ1) is 16.0. The number of urea groups is 1. The molecule has 24 heavy (non-hydrogen) atoms. The Hall–Kier alpha value is -2.86. The zero-order valence-corrected chi connectivity index (χ0v) is 13.8. The molecule has 0 aliphatic rings. The Bertz CT molecular complexity index is 861. The Morgan fingerprint density at radius 3 is 2.83 bits per heavy atom. The fourth-order valence-corrected chi connectivity index (χ4v) is 2.43. The van der Waals surface area contributed by atoms with Crippen LogP contribution < -0.4 is 10.6 Å². The molecule has 2 aromatic heterocycles. The summed E-state index contributed by atoms with van der Waals surface area (Å²) in [6, 6.07) is 8.66. The van der Waals surface area contributed by atoms with Gasteiger partial charge in [-0.1, -0.05) is 17.7 Å². The minimum absolute atomic E-state index is 0.302. The average Bonchev–Trinajstić information content (AvgIpc) is 3.00. The van der Waals surface area contributed by atoms with E-state index in [0.29, 0.717) is 17.3 Å². The number of benzene rings is 1. The molecule has 122 valence electrons. The van der Waals surface area contributed by atoms with Crippen molar-refractivity contribution in [2.45, 2.75) is 6.54 Å². The van der Waals surface area contributed by atoms with Gasteiger partial charge >= 0.3 is 6.03 Å². The first-order valence-corrected chi connectivity index (χ1v) is 7.71. The van der Waals surface area contributed by atoms with Crippen molar-refractivity contribution in [3.05, 3.63) is 65.7 Å². The average molecular weight is 342 g/mol. The van der Waals surface area contributed by atoms with Gasteiger partial charge in [-0.25, -0.2) is 4.79 Å². The maximum Gasteiger partial charge on any atom is 0.319 e. The minimum atomic E-state index is -0.302. The summed E-state index contributed by atoms with van der Waals surface area (Å²) in [5.74, 6) is 0. The Labute approximate surface area is 144 Å². The number of nitrogens with one attached hydrogen (secondary N) is 2. The molecule has 0 aliphatic heterocycles. The fourth-order valence-electron chi connectivity index (χ4n) is 2.24. The molecule has 6 nitrogen and oxygen atoms in total. The van der Waals surface area contributed by atoms with Crippen LogP contribution in [0, 0.1) is 0 Å². The van der Waals surface area contributed by atoms with Gasteiger partial charge in [0.25, 0.3) is 0 Å². The number of aryl methyl sites for hydroxylation is 1. The van der Waals surface area contributed by atoms with Crippen LogP contribution in [0.4, 0.5) is 10.5 Å². The van der Waals surface area contributed by atoms with Gasteiger partial charge in [-0.05, 0) is 29.8 Å². The van der Waals surface area contributed by atoms with Gasteiger partial charge < -0.3 is 10.6 Å².